The number of hydrogen-bond donors (Lipinski definition) is 3. The van der Waals surface area contributed by atoms with Gasteiger partial charge in [-0.05, 0) is 24.3 Å². The number of morpholine rings is 1. The van der Waals surface area contributed by atoms with Crippen LogP contribution in [0, 0.1) is 0 Å². The quantitative estimate of drug-likeness (QED) is 0.548. The van der Waals surface area contributed by atoms with E-state index in [-0.39, 0.29) is 11.8 Å². The summed E-state index contributed by atoms with van der Waals surface area (Å²) in [5.41, 5.74) is 2.10. The van der Waals surface area contributed by atoms with Crippen LogP contribution in [0.2, 0.25) is 0 Å². The van der Waals surface area contributed by atoms with Gasteiger partial charge in [0.15, 0.2) is 12.3 Å². The minimum atomic E-state index is -0.0810. The van der Waals surface area contributed by atoms with Crippen LogP contribution >= 0.6 is 0 Å². The summed E-state index contributed by atoms with van der Waals surface area (Å²) in [6, 6.07) is 11.5. The topological polar surface area (TPSA) is 80.7 Å². The van der Waals surface area contributed by atoms with Crippen molar-refractivity contribution in [3.8, 4) is 0 Å². The van der Waals surface area contributed by atoms with Crippen LogP contribution in [0.1, 0.15) is 16.1 Å². The fourth-order valence-electron chi connectivity index (χ4n) is 4.02. The second-order valence-electron chi connectivity index (χ2n) is 7.98. The number of carbonyl (C=O) groups is 2. The lowest BCUT2D eigenvalue weighted by molar-refractivity contribution is -0.921. The van der Waals surface area contributed by atoms with Crippen molar-refractivity contribution in [2.45, 2.75) is 6.54 Å². The van der Waals surface area contributed by atoms with Gasteiger partial charge >= 0.3 is 0 Å². The summed E-state index contributed by atoms with van der Waals surface area (Å²) in [4.78, 5) is 29.3. The predicted octanol–water partition coefficient (Wildman–Crippen LogP) is -1.33. The number of furan rings is 1. The molecule has 3 N–H and O–H groups in total. The number of rotatable bonds is 6. The Balaban J connectivity index is 1.20. The van der Waals surface area contributed by atoms with Gasteiger partial charge in [0.25, 0.3) is 11.8 Å². The zero-order valence-electron chi connectivity index (χ0n) is 17.2. The molecule has 2 aromatic rings. The van der Waals surface area contributed by atoms with Crippen molar-refractivity contribution in [3.63, 3.8) is 0 Å². The molecule has 0 atom stereocenters. The average molecular weight is 415 g/mol. The number of anilines is 1. The monoisotopic (exact) mass is 414 g/mol. The number of hydrogen-bond acceptors (Lipinski definition) is 4. The largest absolute Gasteiger partial charge is 0.459 e. The zero-order valence-corrected chi connectivity index (χ0v) is 17.2. The van der Waals surface area contributed by atoms with Gasteiger partial charge in [-0.25, -0.2) is 0 Å². The molecule has 0 aliphatic carbocycles. The number of benzene rings is 1. The van der Waals surface area contributed by atoms with Crippen molar-refractivity contribution >= 4 is 17.5 Å². The third-order valence-corrected chi connectivity index (χ3v) is 5.79. The van der Waals surface area contributed by atoms with Crippen molar-refractivity contribution in [2.75, 3.05) is 64.3 Å². The van der Waals surface area contributed by atoms with E-state index in [1.807, 2.05) is 12.1 Å². The fourth-order valence-corrected chi connectivity index (χ4v) is 4.02. The molecule has 2 saturated heterocycles. The van der Waals surface area contributed by atoms with Crippen molar-refractivity contribution in [2.24, 2.45) is 0 Å². The maximum atomic E-state index is 12.4. The molecule has 2 amide bonds. The van der Waals surface area contributed by atoms with Gasteiger partial charge in [0, 0.05) is 11.3 Å². The second-order valence-corrected chi connectivity index (χ2v) is 7.98. The summed E-state index contributed by atoms with van der Waals surface area (Å²) in [6.45, 7) is 7.90. The summed E-state index contributed by atoms with van der Waals surface area (Å²) in [7, 11) is 0. The molecular weight excluding hydrogens is 384 g/mol. The number of quaternary nitrogens is 2. The lowest BCUT2D eigenvalue weighted by Crippen LogP contribution is -3.15. The fraction of sp³-hybridized carbons (Fsp3) is 0.455. The maximum Gasteiger partial charge on any atom is 0.289 e. The molecule has 0 spiro atoms. The van der Waals surface area contributed by atoms with Gasteiger partial charge in [-0.15, -0.1) is 0 Å². The van der Waals surface area contributed by atoms with Gasteiger partial charge in [-0.3, -0.25) is 9.59 Å². The molecule has 1 aromatic heterocycles. The summed E-state index contributed by atoms with van der Waals surface area (Å²) < 4.78 is 10.6. The minimum absolute atomic E-state index is 0.00219. The molecule has 2 fully saturated rings. The van der Waals surface area contributed by atoms with Gasteiger partial charge in [-0.1, -0.05) is 12.1 Å². The highest BCUT2D eigenvalue weighted by atomic mass is 16.5. The van der Waals surface area contributed by atoms with Gasteiger partial charge < -0.3 is 29.2 Å². The maximum absolute atomic E-state index is 12.4. The number of carbonyl (C=O) groups excluding carboxylic acids is 2. The lowest BCUT2D eigenvalue weighted by atomic mass is 10.2. The number of piperazine rings is 1. The molecule has 8 heteroatoms. The summed E-state index contributed by atoms with van der Waals surface area (Å²) in [5.74, 6) is 0.291. The van der Waals surface area contributed by atoms with E-state index >= 15 is 0 Å². The Bertz CT molecular complexity index is 823. The Morgan fingerprint density at radius 1 is 0.967 bits per heavy atom. The highest BCUT2D eigenvalue weighted by molar-refractivity contribution is 5.92. The molecule has 2 aliphatic rings. The van der Waals surface area contributed by atoms with E-state index in [1.54, 1.807) is 17.0 Å². The third-order valence-electron chi connectivity index (χ3n) is 5.79. The molecule has 4 rings (SSSR count). The summed E-state index contributed by atoms with van der Waals surface area (Å²) in [5, 5.41) is 2.99. The second kappa shape index (κ2) is 9.88. The van der Waals surface area contributed by atoms with Crippen LogP contribution in [0.5, 0.6) is 0 Å². The molecule has 0 bridgehead atoms. The minimum Gasteiger partial charge on any atom is -0.459 e. The van der Waals surface area contributed by atoms with Crippen LogP contribution < -0.4 is 15.1 Å². The highest BCUT2D eigenvalue weighted by Gasteiger charge is 2.27. The van der Waals surface area contributed by atoms with Crippen molar-refractivity contribution in [3.05, 3.63) is 54.0 Å². The molecule has 2 aliphatic heterocycles. The van der Waals surface area contributed by atoms with Crippen LogP contribution in [0.25, 0.3) is 0 Å². The van der Waals surface area contributed by atoms with E-state index in [0.717, 1.165) is 51.6 Å². The zero-order chi connectivity index (χ0) is 20.8. The first-order valence-electron chi connectivity index (χ1n) is 10.6. The molecule has 0 unspecified atom stereocenters. The van der Waals surface area contributed by atoms with Crippen molar-refractivity contribution in [1.82, 2.24) is 4.90 Å². The van der Waals surface area contributed by atoms with Crippen molar-refractivity contribution < 1.29 is 28.5 Å². The van der Waals surface area contributed by atoms with Crippen LogP contribution in [-0.4, -0.2) is 75.7 Å². The molecule has 8 nitrogen and oxygen atoms in total. The first-order chi connectivity index (χ1) is 14.7. The Morgan fingerprint density at radius 2 is 1.70 bits per heavy atom. The molecule has 160 valence electrons. The van der Waals surface area contributed by atoms with Crippen LogP contribution in [0.3, 0.4) is 0 Å². The van der Waals surface area contributed by atoms with E-state index in [0.29, 0.717) is 25.4 Å². The van der Waals surface area contributed by atoms with Gasteiger partial charge in [0.1, 0.15) is 19.6 Å². The standard InChI is InChI=1S/C22H28N4O4/c27-21(17-24-7-9-26(10-8-24)22(28)20-2-1-13-30-20)23-19-5-3-18(4-6-19)16-25-11-14-29-15-12-25/h1-6,13H,7-12,14-17H2,(H,23,27)/p+2. The van der Waals surface area contributed by atoms with E-state index in [4.69, 9.17) is 9.15 Å². The normalized spacial score (nSPS) is 18.3. The molecule has 0 radical (unpaired) electrons. The SMILES string of the molecule is O=C(C[NH+]1CCN(C(=O)c2ccco2)CC1)Nc1ccc(C[NH+]2CCOCC2)cc1. The third kappa shape index (κ3) is 5.47. The molecule has 0 saturated carbocycles. The smallest absolute Gasteiger partial charge is 0.289 e. The number of ether oxygens (including phenoxy) is 1. The van der Waals surface area contributed by atoms with E-state index < -0.39 is 0 Å². The van der Waals surface area contributed by atoms with E-state index in [1.165, 1.54) is 21.6 Å². The lowest BCUT2D eigenvalue weighted by Gasteiger charge is -2.31. The number of nitrogens with zero attached hydrogens (tertiary/aromatic N) is 1. The Morgan fingerprint density at radius 3 is 2.37 bits per heavy atom. The predicted molar refractivity (Wildman–Crippen MR) is 110 cm³/mol. The number of nitrogens with one attached hydrogen (secondary N) is 3. The number of amides is 2. The first kappa shape index (κ1) is 20.6. The van der Waals surface area contributed by atoms with E-state index in [9.17, 15) is 9.59 Å². The van der Waals surface area contributed by atoms with Crippen molar-refractivity contribution in [1.29, 1.82) is 0 Å². The van der Waals surface area contributed by atoms with Gasteiger partial charge in [0.05, 0.1) is 45.7 Å². The van der Waals surface area contributed by atoms with Crippen LogP contribution in [0.15, 0.2) is 47.1 Å². The highest BCUT2D eigenvalue weighted by Crippen LogP contribution is 2.09. The Kier molecular flexibility index (Phi) is 6.78. The molecule has 3 heterocycles. The van der Waals surface area contributed by atoms with E-state index in [2.05, 4.69) is 17.4 Å². The Labute approximate surface area is 176 Å². The van der Waals surface area contributed by atoms with Gasteiger partial charge in [-0.2, -0.15) is 0 Å². The average Bonchev–Trinajstić information content (AvgIpc) is 3.31. The Hall–Kier alpha value is -2.68. The van der Waals surface area contributed by atoms with Crippen LogP contribution in [0.4, 0.5) is 5.69 Å². The first-order valence-corrected chi connectivity index (χ1v) is 10.6. The molecule has 30 heavy (non-hydrogen) atoms. The van der Waals surface area contributed by atoms with Crippen LogP contribution in [-0.2, 0) is 16.1 Å². The molecule has 1 aromatic carbocycles. The van der Waals surface area contributed by atoms with Gasteiger partial charge in [0.2, 0.25) is 0 Å². The summed E-state index contributed by atoms with van der Waals surface area (Å²) in [6.07, 6.45) is 1.51. The summed E-state index contributed by atoms with van der Waals surface area (Å²) >= 11 is 0. The molecular formula is C22H30N4O4+2.